The van der Waals surface area contributed by atoms with E-state index in [-0.39, 0.29) is 12.1 Å². The second-order valence-electron chi connectivity index (χ2n) is 15.3. The molecule has 1 saturated heterocycles. The van der Waals surface area contributed by atoms with Crippen LogP contribution >= 0.6 is 0 Å². The predicted octanol–water partition coefficient (Wildman–Crippen LogP) is 3.28. The van der Waals surface area contributed by atoms with Crippen LogP contribution in [-0.4, -0.2) is 107 Å². The van der Waals surface area contributed by atoms with Crippen LogP contribution in [0.25, 0.3) is 0 Å². The van der Waals surface area contributed by atoms with Gasteiger partial charge in [0.05, 0.1) is 12.1 Å². The van der Waals surface area contributed by atoms with Crippen molar-refractivity contribution in [2.24, 2.45) is 22.9 Å². The van der Waals surface area contributed by atoms with E-state index in [0.29, 0.717) is 127 Å². The van der Waals surface area contributed by atoms with Gasteiger partial charge in [-0.1, -0.05) is 121 Å². The van der Waals surface area contributed by atoms with Gasteiger partial charge in [0.2, 0.25) is 35.7 Å². The number of piperazine rings is 1. The Morgan fingerprint density at radius 2 is 0.758 bits per heavy atom. The Kier molecular flexibility index (Phi) is 15.8. The number of anilines is 6. The maximum Gasteiger partial charge on any atom is 0.232 e. The molecule has 2 aromatic heterocycles. The van der Waals surface area contributed by atoms with Crippen molar-refractivity contribution in [2.45, 2.75) is 38.0 Å². The molecule has 0 amide bonds. The van der Waals surface area contributed by atoms with Gasteiger partial charge < -0.3 is 53.2 Å². The smallest absolute Gasteiger partial charge is 0.232 e. The fraction of sp³-hybridized carbons (Fsp3) is 0.348. The summed E-state index contributed by atoms with van der Waals surface area (Å²) in [5, 5.41) is 6.99. The van der Waals surface area contributed by atoms with Gasteiger partial charge in [0.15, 0.2) is 0 Å². The number of nitrogens with two attached hydrogens (primary N) is 4. The highest BCUT2D eigenvalue weighted by Crippen LogP contribution is 2.30. The zero-order valence-electron chi connectivity index (χ0n) is 35.4. The molecular weight excluding hydrogens is 777 g/mol. The van der Waals surface area contributed by atoms with Crippen molar-refractivity contribution in [3.63, 3.8) is 0 Å². The average molecular weight is 837 g/mol. The lowest BCUT2D eigenvalue weighted by Crippen LogP contribution is -2.61. The Balaban J connectivity index is 1.33. The summed E-state index contributed by atoms with van der Waals surface area (Å²) in [5.41, 5.74) is 29.1. The van der Waals surface area contributed by atoms with Crippen LogP contribution < -0.4 is 53.2 Å². The first-order valence-electron chi connectivity index (χ1n) is 21.5. The summed E-state index contributed by atoms with van der Waals surface area (Å²) >= 11 is 0. The lowest BCUT2D eigenvalue weighted by Gasteiger charge is -2.47. The fourth-order valence-electron chi connectivity index (χ4n) is 7.77. The molecule has 0 radical (unpaired) electrons. The van der Waals surface area contributed by atoms with Crippen LogP contribution in [0.1, 0.15) is 22.3 Å². The Bertz CT molecular complexity index is 2050. The van der Waals surface area contributed by atoms with Crippen molar-refractivity contribution in [1.82, 2.24) is 29.9 Å². The molecule has 0 spiro atoms. The van der Waals surface area contributed by atoms with Gasteiger partial charge >= 0.3 is 0 Å². The topological polar surface area (TPSA) is 218 Å². The highest BCUT2D eigenvalue weighted by atomic mass is 15.4. The van der Waals surface area contributed by atoms with Crippen LogP contribution in [0.3, 0.4) is 0 Å². The molecule has 2 atom stereocenters. The largest absolute Gasteiger partial charge is 0.350 e. The molecule has 3 heterocycles. The first kappa shape index (κ1) is 43.6. The van der Waals surface area contributed by atoms with Gasteiger partial charge in [0, 0.05) is 78.5 Å². The van der Waals surface area contributed by atoms with Crippen LogP contribution in [0, 0.1) is 0 Å². The van der Waals surface area contributed by atoms with Crippen molar-refractivity contribution in [2.75, 3.05) is 95.7 Å². The Hall–Kier alpha value is -6.46. The molecule has 324 valence electrons. The van der Waals surface area contributed by atoms with Gasteiger partial charge in [-0.25, -0.2) is 0 Å². The number of benzene rings is 4. The van der Waals surface area contributed by atoms with Gasteiger partial charge in [-0.05, 0) is 35.1 Å². The Morgan fingerprint density at radius 1 is 0.435 bits per heavy atom. The third-order valence-corrected chi connectivity index (χ3v) is 10.8. The Morgan fingerprint density at radius 3 is 1.08 bits per heavy atom. The minimum Gasteiger partial charge on any atom is -0.350 e. The summed E-state index contributed by atoms with van der Waals surface area (Å²) in [6, 6.07) is 41.3. The minimum absolute atomic E-state index is 0.107. The minimum atomic E-state index is -0.107. The zero-order chi connectivity index (χ0) is 42.9. The van der Waals surface area contributed by atoms with Gasteiger partial charge in [-0.3, -0.25) is 0 Å². The monoisotopic (exact) mass is 837 g/mol. The second-order valence-corrected chi connectivity index (χ2v) is 15.3. The molecule has 7 rings (SSSR count). The van der Waals surface area contributed by atoms with Crippen molar-refractivity contribution >= 4 is 35.7 Å². The number of hydrogen-bond donors (Lipinski definition) is 6. The molecule has 1 aliphatic rings. The zero-order valence-corrected chi connectivity index (χ0v) is 35.4. The molecule has 62 heavy (non-hydrogen) atoms. The Labute approximate surface area is 364 Å². The van der Waals surface area contributed by atoms with Crippen molar-refractivity contribution in [3.05, 3.63) is 144 Å². The lowest BCUT2D eigenvalue weighted by atomic mass is 9.96. The standard InChI is InChI=1S/C46H60N16/c47-21-25-59(26-22-48)43-53-41(51-31-37-17-9-3-10-18-37)55-45(57-43)61-34-40(30-36-15-7-2-8-16-36)62(33-39(61)29-35-13-5-1-6-14-35)46-56-42(52-32-38-19-11-4-12-20-38)54-44(58-46)60(27-23-49)28-24-50/h1-20,39-40H,21-34,47-50H2,(H,51,53,55,57)(H,52,54,56,58). The SMILES string of the molecule is NCCN(CCN)c1nc(NCc2ccccc2)nc(N2CC(Cc3ccccc3)N(c3nc(NCc4ccccc4)nc(N(CCN)CCN)n3)CC2Cc2ccccc2)n1. The fourth-order valence-corrected chi connectivity index (χ4v) is 7.77. The van der Waals surface area contributed by atoms with Crippen LogP contribution in [-0.2, 0) is 25.9 Å². The molecule has 16 heteroatoms. The molecule has 0 saturated carbocycles. The molecule has 2 unspecified atom stereocenters. The lowest BCUT2D eigenvalue weighted by molar-refractivity contribution is 0.427. The van der Waals surface area contributed by atoms with Crippen LogP contribution in [0.4, 0.5) is 35.7 Å². The van der Waals surface area contributed by atoms with Crippen LogP contribution in [0.15, 0.2) is 121 Å². The molecule has 0 aliphatic carbocycles. The second kappa shape index (κ2) is 22.4. The van der Waals surface area contributed by atoms with Gasteiger partial charge in [0.1, 0.15) is 0 Å². The molecule has 4 aromatic carbocycles. The van der Waals surface area contributed by atoms with E-state index >= 15 is 0 Å². The maximum absolute atomic E-state index is 6.12. The van der Waals surface area contributed by atoms with Crippen molar-refractivity contribution in [3.8, 4) is 0 Å². The summed E-state index contributed by atoms with van der Waals surface area (Å²) in [4.78, 5) is 39.3. The molecule has 1 fully saturated rings. The van der Waals surface area contributed by atoms with Gasteiger partial charge in [0.25, 0.3) is 0 Å². The molecule has 10 N–H and O–H groups in total. The summed E-state index contributed by atoms with van der Waals surface area (Å²) in [6.07, 6.45) is 1.42. The van der Waals surface area contributed by atoms with E-state index < -0.39 is 0 Å². The van der Waals surface area contributed by atoms with Crippen molar-refractivity contribution in [1.29, 1.82) is 0 Å². The number of nitrogens with one attached hydrogen (secondary N) is 2. The van der Waals surface area contributed by atoms with E-state index in [0.717, 1.165) is 11.1 Å². The molecule has 0 bridgehead atoms. The third kappa shape index (κ3) is 11.9. The summed E-state index contributed by atoms with van der Waals surface area (Å²) < 4.78 is 0. The van der Waals surface area contributed by atoms with E-state index in [9.17, 15) is 0 Å². The van der Waals surface area contributed by atoms with Gasteiger partial charge in [-0.2, -0.15) is 29.9 Å². The van der Waals surface area contributed by atoms with E-state index in [2.05, 4.69) is 93.2 Å². The van der Waals surface area contributed by atoms with E-state index in [1.165, 1.54) is 11.1 Å². The highest BCUT2D eigenvalue weighted by Gasteiger charge is 2.38. The van der Waals surface area contributed by atoms with E-state index in [4.69, 9.17) is 52.8 Å². The number of aromatic nitrogens is 6. The van der Waals surface area contributed by atoms with Crippen LogP contribution in [0.2, 0.25) is 0 Å². The van der Waals surface area contributed by atoms with Crippen molar-refractivity contribution < 1.29 is 0 Å². The van der Waals surface area contributed by atoms with E-state index in [1.54, 1.807) is 0 Å². The molecule has 6 aromatic rings. The molecule has 16 nitrogen and oxygen atoms in total. The summed E-state index contributed by atoms with van der Waals surface area (Å²) in [5.74, 6) is 3.15. The first-order valence-corrected chi connectivity index (χ1v) is 21.5. The molecule has 1 aliphatic heterocycles. The highest BCUT2D eigenvalue weighted by molar-refractivity contribution is 5.52. The van der Waals surface area contributed by atoms with Crippen LogP contribution in [0.5, 0.6) is 0 Å². The third-order valence-electron chi connectivity index (χ3n) is 10.8. The average Bonchev–Trinajstić information content (AvgIpc) is 3.31. The maximum atomic E-state index is 6.12. The number of hydrogen-bond acceptors (Lipinski definition) is 16. The summed E-state index contributed by atoms with van der Waals surface area (Å²) in [7, 11) is 0. The first-order chi connectivity index (χ1) is 30.5. The quantitative estimate of drug-likeness (QED) is 0.0578. The normalized spacial score (nSPS) is 15.0. The predicted molar refractivity (Wildman–Crippen MR) is 250 cm³/mol. The number of nitrogens with zero attached hydrogens (tertiary/aromatic N) is 10. The van der Waals surface area contributed by atoms with Gasteiger partial charge in [-0.15, -0.1) is 0 Å². The number of rotatable bonds is 22. The van der Waals surface area contributed by atoms with E-state index in [1.807, 2.05) is 58.3 Å². The molecular formula is C46H60N16. The summed E-state index contributed by atoms with van der Waals surface area (Å²) in [6.45, 7) is 6.09.